The van der Waals surface area contributed by atoms with Gasteiger partial charge in [-0.25, -0.2) is 4.39 Å². The Kier molecular flexibility index (Phi) is 4.82. The monoisotopic (exact) mass is 310 g/mol. The Morgan fingerprint density at radius 1 is 1.24 bits per heavy atom. The highest BCUT2D eigenvalue weighted by Crippen LogP contribution is 2.38. The van der Waals surface area contributed by atoms with E-state index in [0.717, 1.165) is 44.2 Å². The molecule has 116 valence electrons. The summed E-state index contributed by atoms with van der Waals surface area (Å²) in [5.41, 5.74) is -0.452. The predicted molar refractivity (Wildman–Crippen MR) is 85.5 cm³/mol. The Bertz CT molecular complexity index is 466. The van der Waals surface area contributed by atoms with Crippen LogP contribution in [0.3, 0.4) is 0 Å². The molecule has 0 aliphatic carbocycles. The maximum atomic E-state index is 15.1. The summed E-state index contributed by atoms with van der Waals surface area (Å²) in [7, 11) is 0. The third-order valence-electron chi connectivity index (χ3n) is 4.97. The van der Waals surface area contributed by atoms with Crippen LogP contribution in [0.1, 0.15) is 31.2 Å². The van der Waals surface area contributed by atoms with Gasteiger partial charge in [0, 0.05) is 24.7 Å². The van der Waals surface area contributed by atoms with Crippen molar-refractivity contribution in [3.8, 4) is 0 Å². The third kappa shape index (κ3) is 3.77. The van der Waals surface area contributed by atoms with Crippen LogP contribution in [0.25, 0.3) is 0 Å². The molecule has 2 fully saturated rings. The first-order chi connectivity index (χ1) is 10.2. The smallest absolute Gasteiger partial charge is 0.138 e. The molecule has 0 saturated carbocycles. The first kappa shape index (κ1) is 15.3. The highest BCUT2D eigenvalue weighted by Gasteiger charge is 2.36. The van der Waals surface area contributed by atoms with Crippen LogP contribution in [0.5, 0.6) is 0 Å². The second kappa shape index (κ2) is 6.64. The van der Waals surface area contributed by atoms with E-state index in [0.29, 0.717) is 17.9 Å². The van der Waals surface area contributed by atoms with Crippen LogP contribution < -0.4 is 5.32 Å². The number of nitrogens with one attached hydrogen (secondary N) is 1. The van der Waals surface area contributed by atoms with E-state index in [4.69, 9.17) is 11.6 Å². The molecule has 0 radical (unpaired) electrons. The molecule has 4 heteroatoms. The van der Waals surface area contributed by atoms with E-state index in [9.17, 15) is 0 Å². The Labute approximate surface area is 131 Å². The quantitative estimate of drug-likeness (QED) is 0.917. The fraction of sp³-hybridized carbons (Fsp3) is 0.647. The van der Waals surface area contributed by atoms with Crippen molar-refractivity contribution >= 4 is 11.6 Å². The fourth-order valence-corrected chi connectivity index (χ4v) is 3.77. The SMILES string of the molecule is FC1(c2cccc(Cl)c2)CCN(CC2CCNCC2)CC1. The summed E-state index contributed by atoms with van der Waals surface area (Å²) < 4.78 is 15.1. The van der Waals surface area contributed by atoms with Crippen LogP contribution in [-0.4, -0.2) is 37.6 Å². The van der Waals surface area contributed by atoms with Gasteiger partial charge in [-0.2, -0.15) is 0 Å². The summed E-state index contributed by atoms with van der Waals surface area (Å²) in [6.07, 6.45) is 3.67. The molecule has 0 amide bonds. The summed E-state index contributed by atoms with van der Waals surface area (Å²) in [6.45, 7) is 5.11. The molecule has 21 heavy (non-hydrogen) atoms. The normalized spacial score (nSPS) is 24.1. The predicted octanol–water partition coefficient (Wildman–Crippen LogP) is 3.60. The topological polar surface area (TPSA) is 15.3 Å². The van der Waals surface area contributed by atoms with Crippen LogP contribution >= 0.6 is 11.6 Å². The van der Waals surface area contributed by atoms with Gasteiger partial charge >= 0.3 is 0 Å². The van der Waals surface area contributed by atoms with Gasteiger partial charge in [-0.05, 0) is 62.4 Å². The Morgan fingerprint density at radius 3 is 2.62 bits per heavy atom. The van der Waals surface area contributed by atoms with Crippen molar-refractivity contribution in [2.24, 2.45) is 5.92 Å². The van der Waals surface area contributed by atoms with Gasteiger partial charge in [0.2, 0.25) is 0 Å². The number of halogens is 2. The fourth-order valence-electron chi connectivity index (χ4n) is 3.58. The molecule has 0 unspecified atom stereocenters. The zero-order valence-electron chi connectivity index (χ0n) is 12.5. The number of nitrogens with zero attached hydrogens (tertiary/aromatic N) is 1. The maximum Gasteiger partial charge on any atom is 0.138 e. The van der Waals surface area contributed by atoms with Gasteiger partial charge in [0.05, 0.1) is 0 Å². The second-order valence-corrected chi connectivity index (χ2v) is 6.91. The van der Waals surface area contributed by atoms with Crippen LogP contribution in [0.4, 0.5) is 4.39 Å². The highest BCUT2D eigenvalue weighted by atomic mass is 35.5. The van der Waals surface area contributed by atoms with E-state index in [2.05, 4.69) is 10.2 Å². The van der Waals surface area contributed by atoms with Crippen LogP contribution in [-0.2, 0) is 5.67 Å². The molecule has 0 spiro atoms. The van der Waals surface area contributed by atoms with Gasteiger partial charge in [0.1, 0.15) is 5.67 Å². The lowest BCUT2D eigenvalue weighted by Crippen LogP contribution is -2.43. The van der Waals surface area contributed by atoms with Crippen molar-refractivity contribution in [1.82, 2.24) is 10.2 Å². The number of likely N-dealkylation sites (tertiary alicyclic amines) is 1. The summed E-state index contributed by atoms with van der Waals surface area (Å²) in [4.78, 5) is 2.44. The average molecular weight is 311 g/mol. The Hall–Kier alpha value is -0.640. The van der Waals surface area contributed by atoms with Gasteiger partial charge in [-0.15, -0.1) is 0 Å². The molecule has 1 aromatic carbocycles. The van der Waals surface area contributed by atoms with Crippen molar-refractivity contribution in [2.45, 2.75) is 31.4 Å². The van der Waals surface area contributed by atoms with Gasteiger partial charge < -0.3 is 10.2 Å². The summed E-state index contributed by atoms with van der Waals surface area (Å²) in [5.74, 6) is 0.782. The van der Waals surface area contributed by atoms with E-state index >= 15 is 4.39 Å². The van der Waals surface area contributed by atoms with Crippen molar-refractivity contribution in [1.29, 1.82) is 0 Å². The van der Waals surface area contributed by atoms with Crippen molar-refractivity contribution < 1.29 is 4.39 Å². The summed E-state index contributed by atoms with van der Waals surface area (Å²) in [6, 6.07) is 7.30. The summed E-state index contributed by atoms with van der Waals surface area (Å²) in [5, 5.41) is 4.03. The van der Waals surface area contributed by atoms with Gasteiger partial charge in [-0.1, -0.05) is 23.7 Å². The van der Waals surface area contributed by atoms with Crippen molar-refractivity contribution in [2.75, 3.05) is 32.7 Å². The maximum absolute atomic E-state index is 15.1. The molecule has 1 N–H and O–H groups in total. The first-order valence-electron chi connectivity index (χ1n) is 8.04. The Balaban J connectivity index is 1.56. The second-order valence-electron chi connectivity index (χ2n) is 6.47. The molecule has 3 rings (SSSR count). The molecule has 0 atom stereocenters. The lowest BCUT2D eigenvalue weighted by molar-refractivity contribution is 0.0465. The minimum absolute atomic E-state index is 0.582. The summed E-state index contributed by atoms with van der Waals surface area (Å²) >= 11 is 6.00. The number of benzene rings is 1. The minimum Gasteiger partial charge on any atom is -0.317 e. The molecule has 2 aliphatic heterocycles. The molecule has 2 saturated heterocycles. The van der Waals surface area contributed by atoms with E-state index < -0.39 is 5.67 Å². The highest BCUT2D eigenvalue weighted by molar-refractivity contribution is 6.30. The molecule has 2 nitrogen and oxygen atoms in total. The van der Waals surface area contributed by atoms with E-state index in [-0.39, 0.29) is 0 Å². The minimum atomic E-state index is -1.20. The lowest BCUT2D eigenvalue weighted by atomic mass is 9.85. The zero-order chi connectivity index (χ0) is 14.7. The number of alkyl halides is 1. The average Bonchev–Trinajstić information content (AvgIpc) is 2.51. The van der Waals surface area contributed by atoms with E-state index in [1.807, 2.05) is 12.1 Å². The number of hydrogen-bond donors (Lipinski definition) is 1. The molecule has 0 bridgehead atoms. The largest absolute Gasteiger partial charge is 0.317 e. The van der Waals surface area contributed by atoms with E-state index in [1.165, 1.54) is 12.8 Å². The van der Waals surface area contributed by atoms with Crippen molar-refractivity contribution in [3.05, 3.63) is 34.9 Å². The molecule has 0 aromatic heterocycles. The molecule has 1 aromatic rings. The number of hydrogen-bond acceptors (Lipinski definition) is 2. The molecule has 2 aliphatic rings. The zero-order valence-corrected chi connectivity index (χ0v) is 13.2. The van der Waals surface area contributed by atoms with E-state index in [1.54, 1.807) is 12.1 Å². The molecule has 2 heterocycles. The first-order valence-corrected chi connectivity index (χ1v) is 8.41. The number of rotatable bonds is 3. The van der Waals surface area contributed by atoms with Crippen LogP contribution in [0.15, 0.2) is 24.3 Å². The number of piperidine rings is 2. The third-order valence-corrected chi connectivity index (χ3v) is 5.20. The van der Waals surface area contributed by atoms with Crippen molar-refractivity contribution in [3.63, 3.8) is 0 Å². The lowest BCUT2D eigenvalue weighted by Gasteiger charge is -2.38. The van der Waals surface area contributed by atoms with Gasteiger partial charge in [-0.3, -0.25) is 0 Å². The van der Waals surface area contributed by atoms with Gasteiger partial charge in [0.15, 0.2) is 0 Å². The van der Waals surface area contributed by atoms with Crippen LogP contribution in [0, 0.1) is 5.92 Å². The van der Waals surface area contributed by atoms with Gasteiger partial charge in [0.25, 0.3) is 0 Å². The van der Waals surface area contributed by atoms with Crippen LogP contribution in [0.2, 0.25) is 5.02 Å². The standard InChI is InChI=1S/C17H24ClFN2/c18-16-3-1-2-15(12-16)17(19)6-10-21(11-7-17)13-14-4-8-20-9-5-14/h1-3,12,14,20H,4-11,13H2. The molecular formula is C17H24ClFN2. The Morgan fingerprint density at radius 2 is 1.95 bits per heavy atom. The molecular weight excluding hydrogens is 287 g/mol.